The van der Waals surface area contributed by atoms with E-state index in [0.717, 1.165) is 12.8 Å². The van der Waals surface area contributed by atoms with Crippen molar-refractivity contribution in [3.05, 3.63) is 12.7 Å². The molecule has 0 aromatic heterocycles. The molecule has 4 unspecified atom stereocenters. The monoisotopic (exact) mass is 170 g/mol. The Balaban J connectivity index is 2.44. The molecule has 0 spiro atoms. The Hall–Kier alpha value is -0.340. The Morgan fingerprint density at radius 3 is 2.83 bits per heavy atom. The molecule has 1 rings (SSSR count). The molecule has 2 heteroatoms. The first kappa shape index (κ1) is 9.75. The Labute approximate surface area is 74.2 Å². The van der Waals surface area contributed by atoms with Crippen LogP contribution in [0.2, 0.25) is 0 Å². The van der Waals surface area contributed by atoms with Gasteiger partial charge in [0.15, 0.2) is 0 Å². The van der Waals surface area contributed by atoms with Gasteiger partial charge in [-0.2, -0.15) is 0 Å². The summed E-state index contributed by atoms with van der Waals surface area (Å²) in [5.74, 6) is 0.468. The van der Waals surface area contributed by atoms with Crippen molar-refractivity contribution in [2.24, 2.45) is 5.92 Å². The zero-order valence-electron chi connectivity index (χ0n) is 7.86. The van der Waals surface area contributed by atoms with Gasteiger partial charge in [0.2, 0.25) is 0 Å². The van der Waals surface area contributed by atoms with E-state index in [1.165, 1.54) is 0 Å². The molecule has 1 fully saturated rings. The van der Waals surface area contributed by atoms with E-state index >= 15 is 0 Å². The molecule has 0 radical (unpaired) electrons. The summed E-state index contributed by atoms with van der Waals surface area (Å²) in [7, 11) is 0. The number of rotatable bonds is 3. The highest BCUT2D eigenvalue weighted by Gasteiger charge is 2.34. The summed E-state index contributed by atoms with van der Waals surface area (Å²) in [5.41, 5.74) is 0. The zero-order valence-corrected chi connectivity index (χ0v) is 7.86. The van der Waals surface area contributed by atoms with Crippen molar-refractivity contribution in [2.45, 2.75) is 45.0 Å². The second-order valence-corrected chi connectivity index (χ2v) is 3.70. The van der Waals surface area contributed by atoms with Gasteiger partial charge in [0.25, 0.3) is 0 Å². The predicted molar refractivity (Wildman–Crippen MR) is 48.9 cm³/mol. The van der Waals surface area contributed by atoms with Gasteiger partial charge in [0, 0.05) is 0 Å². The van der Waals surface area contributed by atoms with E-state index in [1.54, 1.807) is 6.92 Å². The molecule has 1 aliphatic rings. The van der Waals surface area contributed by atoms with Gasteiger partial charge in [0.1, 0.15) is 0 Å². The van der Waals surface area contributed by atoms with Crippen LogP contribution in [0.4, 0.5) is 0 Å². The lowest BCUT2D eigenvalue weighted by molar-refractivity contribution is -0.0360. The Kier molecular flexibility index (Phi) is 3.29. The molecule has 0 aliphatic carbocycles. The lowest BCUT2D eigenvalue weighted by Gasteiger charge is -2.17. The molecular weight excluding hydrogens is 152 g/mol. The molecule has 70 valence electrons. The summed E-state index contributed by atoms with van der Waals surface area (Å²) < 4.78 is 5.65. The number of hydrogen-bond acceptors (Lipinski definition) is 2. The fourth-order valence-electron chi connectivity index (χ4n) is 1.89. The van der Waals surface area contributed by atoms with Crippen LogP contribution in [0, 0.1) is 5.92 Å². The Bertz CT molecular complexity index is 154. The third-order valence-electron chi connectivity index (χ3n) is 2.45. The molecule has 1 heterocycles. The predicted octanol–water partition coefficient (Wildman–Crippen LogP) is 1.74. The summed E-state index contributed by atoms with van der Waals surface area (Å²) in [6.45, 7) is 7.59. The molecular formula is C10H18O2. The molecule has 1 N–H and O–H groups in total. The fourth-order valence-corrected chi connectivity index (χ4v) is 1.89. The van der Waals surface area contributed by atoms with Crippen LogP contribution in [0.3, 0.4) is 0 Å². The minimum Gasteiger partial charge on any atom is -0.391 e. The van der Waals surface area contributed by atoms with Gasteiger partial charge in [-0.05, 0) is 25.7 Å². The summed E-state index contributed by atoms with van der Waals surface area (Å²) in [6, 6.07) is 0. The van der Waals surface area contributed by atoms with E-state index in [4.69, 9.17) is 4.74 Å². The van der Waals surface area contributed by atoms with Gasteiger partial charge < -0.3 is 9.84 Å². The summed E-state index contributed by atoms with van der Waals surface area (Å²) in [4.78, 5) is 0. The molecule has 1 aliphatic heterocycles. The first-order valence-electron chi connectivity index (χ1n) is 4.59. The van der Waals surface area contributed by atoms with Crippen molar-refractivity contribution >= 4 is 0 Å². The lowest BCUT2D eigenvalue weighted by Crippen LogP contribution is -2.27. The molecule has 0 bridgehead atoms. The van der Waals surface area contributed by atoms with Gasteiger partial charge >= 0.3 is 0 Å². The number of aliphatic hydroxyl groups excluding tert-OH is 1. The molecule has 4 atom stereocenters. The average molecular weight is 170 g/mol. The average Bonchev–Trinajstić information content (AvgIpc) is 2.32. The Morgan fingerprint density at radius 1 is 1.75 bits per heavy atom. The van der Waals surface area contributed by atoms with Crippen LogP contribution in [0.15, 0.2) is 12.7 Å². The van der Waals surface area contributed by atoms with E-state index in [1.807, 2.05) is 6.08 Å². The molecule has 0 aromatic carbocycles. The topological polar surface area (TPSA) is 29.5 Å². The lowest BCUT2D eigenvalue weighted by atomic mass is 9.98. The van der Waals surface area contributed by atoms with Gasteiger partial charge in [-0.25, -0.2) is 0 Å². The van der Waals surface area contributed by atoms with E-state index in [-0.39, 0.29) is 18.3 Å². The highest BCUT2D eigenvalue weighted by Crippen LogP contribution is 2.29. The van der Waals surface area contributed by atoms with Crippen LogP contribution in [-0.4, -0.2) is 23.4 Å². The van der Waals surface area contributed by atoms with Crippen molar-refractivity contribution in [3.8, 4) is 0 Å². The largest absolute Gasteiger partial charge is 0.391 e. The molecule has 0 aromatic rings. The number of ether oxygens (including phenoxy) is 1. The van der Waals surface area contributed by atoms with Crippen LogP contribution in [0.1, 0.15) is 26.7 Å². The summed E-state index contributed by atoms with van der Waals surface area (Å²) in [5, 5.41) is 9.36. The second-order valence-electron chi connectivity index (χ2n) is 3.70. The highest BCUT2D eigenvalue weighted by molar-refractivity contribution is 4.86. The van der Waals surface area contributed by atoms with Crippen molar-refractivity contribution in [3.63, 3.8) is 0 Å². The molecule has 0 saturated carbocycles. The smallest absolute Gasteiger partial charge is 0.0861 e. The SMILES string of the molecule is C=CCC1CC(C)C(C(C)O)O1. The van der Waals surface area contributed by atoms with Gasteiger partial charge in [0.05, 0.1) is 18.3 Å². The van der Waals surface area contributed by atoms with Crippen molar-refractivity contribution in [1.82, 2.24) is 0 Å². The minimum atomic E-state index is -0.352. The Morgan fingerprint density at radius 2 is 2.42 bits per heavy atom. The van der Waals surface area contributed by atoms with Gasteiger partial charge in [-0.15, -0.1) is 6.58 Å². The zero-order chi connectivity index (χ0) is 9.14. The van der Waals surface area contributed by atoms with Crippen LogP contribution >= 0.6 is 0 Å². The van der Waals surface area contributed by atoms with Gasteiger partial charge in [-0.3, -0.25) is 0 Å². The maximum absolute atomic E-state index is 9.36. The molecule has 2 nitrogen and oxygen atoms in total. The summed E-state index contributed by atoms with van der Waals surface area (Å²) >= 11 is 0. The van der Waals surface area contributed by atoms with Crippen LogP contribution in [-0.2, 0) is 4.74 Å². The van der Waals surface area contributed by atoms with Crippen molar-refractivity contribution in [2.75, 3.05) is 0 Å². The fraction of sp³-hybridized carbons (Fsp3) is 0.800. The number of aliphatic hydroxyl groups is 1. The third-order valence-corrected chi connectivity index (χ3v) is 2.45. The van der Waals surface area contributed by atoms with Crippen molar-refractivity contribution in [1.29, 1.82) is 0 Å². The minimum absolute atomic E-state index is 0.0231. The van der Waals surface area contributed by atoms with Crippen molar-refractivity contribution < 1.29 is 9.84 Å². The van der Waals surface area contributed by atoms with E-state index < -0.39 is 0 Å². The van der Waals surface area contributed by atoms with E-state index in [0.29, 0.717) is 5.92 Å². The normalized spacial score (nSPS) is 38.1. The third kappa shape index (κ3) is 2.08. The van der Waals surface area contributed by atoms with Crippen LogP contribution < -0.4 is 0 Å². The van der Waals surface area contributed by atoms with Crippen LogP contribution in [0.5, 0.6) is 0 Å². The maximum Gasteiger partial charge on any atom is 0.0861 e. The van der Waals surface area contributed by atoms with E-state index in [2.05, 4.69) is 13.5 Å². The molecule has 12 heavy (non-hydrogen) atoms. The first-order chi connectivity index (χ1) is 5.65. The maximum atomic E-state index is 9.36. The van der Waals surface area contributed by atoms with Crippen LogP contribution in [0.25, 0.3) is 0 Å². The molecule has 0 amide bonds. The van der Waals surface area contributed by atoms with E-state index in [9.17, 15) is 5.11 Å². The van der Waals surface area contributed by atoms with Gasteiger partial charge in [-0.1, -0.05) is 13.0 Å². The first-order valence-corrected chi connectivity index (χ1v) is 4.59. The number of hydrogen-bond donors (Lipinski definition) is 1. The summed E-state index contributed by atoms with van der Waals surface area (Å²) in [6.07, 6.45) is 3.76. The standard InChI is InChI=1S/C10H18O2/c1-4-5-9-6-7(2)10(12-9)8(3)11/h4,7-11H,1,5-6H2,2-3H3. The molecule has 1 saturated heterocycles. The quantitative estimate of drug-likeness (QED) is 0.654. The highest BCUT2D eigenvalue weighted by atomic mass is 16.5. The second kappa shape index (κ2) is 4.06.